The molecule has 2 atom stereocenters. The van der Waals surface area contributed by atoms with Crippen LogP contribution in [-0.2, 0) is 13.1 Å². The maximum absolute atomic E-state index is 12.6. The van der Waals surface area contributed by atoms with Crippen LogP contribution in [0, 0.1) is 0 Å². The number of methoxy groups -OCH3 is 2. The Balaban J connectivity index is 1.62. The van der Waals surface area contributed by atoms with E-state index in [-0.39, 0.29) is 11.8 Å². The van der Waals surface area contributed by atoms with Crippen molar-refractivity contribution in [1.29, 1.82) is 0 Å². The lowest BCUT2D eigenvalue weighted by atomic mass is 9.88. The zero-order valence-corrected chi connectivity index (χ0v) is 17.6. The summed E-state index contributed by atoms with van der Waals surface area (Å²) in [6.45, 7) is 1.40. The molecule has 4 aromatic rings. The molecule has 0 radical (unpaired) electrons. The van der Waals surface area contributed by atoms with Gasteiger partial charge in [-0.15, -0.1) is 0 Å². The smallest absolute Gasteiger partial charge is 0.424 e. The second-order valence-electron chi connectivity index (χ2n) is 7.83. The lowest BCUT2D eigenvalue weighted by Gasteiger charge is -2.35. The van der Waals surface area contributed by atoms with Gasteiger partial charge < -0.3 is 18.8 Å². The van der Waals surface area contributed by atoms with Gasteiger partial charge in [-0.05, 0) is 29.8 Å². The number of hydrogen-bond acceptors (Lipinski definition) is 4. The van der Waals surface area contributed by atoms with Crippen LogP contribution in [0.4, 0.5) is 0 Å². The summed E-state index contributed by atoms with van der Waals surface area (Å²) in [5, 5.41) is 0. The van der Waals surface area contributed by atoms with Gasteiger partial charge in [-0.3, -0.25) is 0 Å². The molecule has 1 aliphatic rings. The minimum absolute atomic E-state index is 0.0605. The van der Waals surface area contributed by atoms with Gasteiger partial charge >= 0.3 is 5.76 Å². The zero-order valence-electron chi connectivity index (χ0n) is 17.6. The fraction of sp³-hybridized carbons (Fsp3) is 0.240. The molecule has 6 heteroatoms. The van der Waals surface area contributed by atoms with E-state index in [9.17, 15) is 4.79 Å². The van der Waals surface area contributed by atoms with E-state index >= 15 is 0 Å². The Morgan fingerprint density at radius 3 is 2.48 bits per heavy atom. The van der Waals surface area contributed by atoms with E-state index in [1.54, 1.807) is 18.8 Å². The van der Waals surface area contributed by atoms with Crippen LogP contribution < -0.4 is 20.1 Å². The van der Waals surface area contributed by atoms with Gasteiger partial charge in [-0.2, -0.15) is 0 Å². The highest BCUT2D eigenvalue weighted by Gasteiger charge is 2.34. The van der Waals surface area contributed by atoms with Crippen LogP contribution in [0.25, 0.3) is 11.1 Å². The SMILES string of the molecule is COc1cc2c(cc1OC)[C@@H](c1ccccc1)[NH+](Cn1c(=O)oc3ccccc31)CC2. The Labute approximate surface area is 180 Å². The first-order valence-electron chi connectivity index (χ1n) is 10.4. The summed E-state index contributed by atoms with van der Waals surface area (Å²) in [4.78, 5) is 13.9. The maximum atomic E-state index is 12.6. The van der Waals surface area contributed by atoms with Crippen LogP contribution in [0.5, 0.6) is 11.5 Å². The summed E-state index contributed by atoms with van der Waals surface area (Å²) in [5.74, 6) is 1.14. The van der Waals surface area contributed by atoms with E-state index in [0.29, 0.717) is 18.0 Å². The Morgan fingerprint density at radius 2 is 1.71 bits per heavy atom. The first kappa shape index (κ1) is 19.5. The number of fused-ring (bicyclic) bond motifs is 2. The van der Waals surface area contributed by atoms with Gasteiger partial charge in [0.15, 0.2) is 23.8 Å². The van der Waals surface area contributed by atoms with E-state index in [0.717, 1.165) is 24.2 Å². The van der Waals surface area contributed by atoms with Crippen LogP contribution >= 0.6 is 0 Å². The van der Waals surface area contributed by atoms with Gasteiger partial charge in [0.1, 0.15) is 6.04 Å². The largest absolute Gasteiger partial charge is 0.493 e. The number of hydrogen-bond donors (Lipinski definition) is 1. The lowest BCUT2D eigenvalue weighted by molar-refractivity contribution is -0.949. The van der Waals surface area contributed by atoms with E-state index in [1.165, 1.54) is 21.6 Å². The van der Waals surface area contributed by atoms with E-state index in [4.69, 9.17) is 13.9 Å². The van der Waals surface area contributed by atoms with Crippen molar-refractivity contribution in [2.75, 3.05) is 20.8 Å². The van der Waals surface area contributed by atoms with Gasteiger partial charge in [-0.25, -0.2) is 9.36 Å². The van der Waals surface area contributed by atoms with Crippen molar-refractivity contribution in [1.82, 2.24) is 4.57 Å². The molecular formula is C25H25N2O4+. The molecule has 1 N–H and O–H groups in total. The van der Waals surface area contributed by atoms with Gasteiger partial charge in [-0.1, -0.05) is 42.5 Å². The molecule has 2 heterocycles. The van der Waals surface area contributed by atoms with Crippen molar-refractivity contribution in [3.8, 4) is 11.5 Å². The molecule has 6 nitrogen and oxygen atoms in total. The molecule has 1 unspecified atom stereocenters. The van der Waals surface area contributed by atoms with Gasteiger partial charge in [0.2, 0.25) is 0 Å². The summed E-state index contributed by atoms with van der Waals surface area (Å²) in [6, 6.07) is 22.2. The highest BCUT2D eigenvalue weighted by molar-refractivity contribution is 5.72. The average molecular weight is 417 g/mol. The molecule has 0 saturated heterocycles. The predicted octanol–water partition coefficient (Wildman–Crippen LogP) is 2.80. The van der Waals surface area contributed by atoms with E-state index in [1.807, 2.05) is 30.3 Å². The fourth-order valence-electron chi connectivity index (χ4n) is 4.68. The number of rotatable bonds is 5. The van der Waals surface area contributed by atoms with Crippen LogP contribution in [0.1, 0.15) is 22.7 Å². The normalized spacial score (nSPS) is 18.0. The van der Waals surface area contributed by atoms with Crippen molar-refractivity contribution in [2.24, 2.45) is 0 Å². The van der Waals surface area contributed by atoms with Crippen molar-refractivity contribution in [3.05, 3.63) is 94.0 Å². The Bertz CT molecular complexity index is 1280. The quantitative estimate of drug-likeness (QED) is 0.543. The standard InChI is InChI=1S/C25H24N2O4/c1-29-22-14-18-12-13-26(16-27-20-10-6-7-11-21(20)31-25(27)28)24(17-8-4-3-5-9-17)19(18)15-23(22)30-2/h3-11,14-15,24H,12-13,16H2,1-2H3/p+1/t24-/m1/s1. The number of para-hydroxylation sites is 2. The molecule has 0 fully saturated rings. The molecule has 1 aliphatic heterocycles. The Hall–Kier alpha value is -3.51. The van der Waals surface area contributed by atoms with Crippen LogP contribution in [-0.4, -0.2) is 25.3 Å². The number of oxazole rings is 1. The fourth-order valence-corrected chi connectivity index (χ4v) is 4.68. The molecule has 0 bridgehead atoms. The minimum atomic E-state index is -0.321. The molecule has 1 aromatic heterocycles. The number of benzene rings is 3. The summed E-state index contributed by atoms with van der Waals surface area (Å²) in [5.41, 5.74) is 5.09. The van der Waals surface area contributed by atoms with Gasteiger partial charge in [0.05, 0.1) is 26.3 Å². The molecule has 31 heavy (non-hydrogen) atoms. The number of aromatic nitrogens is 1. The molecular weight excluding hydrogens is 392 g/mol. The predicted molar refractivity (Wildman–Crippen MR) is 118 cm³/mol. The molecule has 5 rings (SSSR count). The average Bonchev–Trinajstić information content (AvgIpc) is 3.13. The Morgan fingerprint density at radius 1 is 1.00 bits per heavy atom. The third-order valence-electron chi connectivity index (χ3n) is 6.15. The highest BCUT2D eigenvalue weighted by atomic mass is 16.5. The summed E-state index contributed by atoms with van der Waals surface area (Å²) < 4.78 is 18.3. The Kier molecular flexibility index (Phi) is 5.00. The monoisotopic (exact) mass is 417 g/mol. The molecule has 0 spiro atoms. The molecule has 158 valence electrons. The number of ether oxygens (including phenoxy) is 2. The van der Waals surface area contributed by atoms with Crippen molar-refractivity contribution >= 4 is 11.1 Å². The third-order valence-corrected chi connectivity index (χ3v) is 6.15. The van der Waals surface area contributed by atoms with Gasteiger partial charge in [0, 0.05) is 17.5 Å². The van der Waals surface area contributed by atoms with E-state index in [2.05, 4.69) is 36.4 Å². The first-order valence-corrected chi connectivity index (χ1v) is 10.4. The summed E-state index contributed by atoms with van der Waals surface area (Å²) in [6.07, 6.45) is 0.888. The molecule has 0 amide bonds. The minimum Gasteiger partial charge on any atom is -0.493 e. The molecule has 0 aliphatic carbocycles. The number of nitrogens with one attached hydrogen (secondary N) is 1. The van der Waals surface area contributed by atoms with Gasteiger partial charge in [0.25, 0.3) is 0 Å². The zero-order chi connectivity index (χ0) is 21.4. The second kappa shape index (κ2) is 7.96. The van der Waals surface area contributed by atoms with E-state index < -0.39 is 0 Å². The van der Waals surface area contributed by atoms with Crippen molar-refractivity contribution in [3.63, 3.8) is 0 Å². The van der Waals surface area contributed by atoms with Crippen LogP contribution in [0.3, 0.4) is 0 Å². The molecule has 0 saturated carbocycles. The van der Waals surface area contributed by atoms with Crippen LogP contribution in [0.15, 0.2) is 75.9 Å². The maximum Gasteiger partial charge on any atom is 0.424 e. The first-order chi connectivity index (χ1) is 15.2. The number of quaternary nitrogens is 1. The second-order valence-corrected chi connectivity index (χ2v) is 7.83. The highest BCUT2D eigenvalue weighted by Crippen LogP contribution is 2.36. The number of nitrogens with zero attached hydrogens (tertiary/aromatic N) is 1. The lowest BCUT2D eigenvalue weighted by Crippen LogP contribution is -3.13. The molecule has 3 aromatic carbocycles. The third kappa shape index (κ3) is 3.39. The van der Waals surface area contributed by atoms with Crippen molar-refractivity contribution in [2.45, 2.75) is 19.1 Å². The summed E-state index contributed by atoms with van der Waals surface area (Å²) >= 11 is 0. The van der Waals surface area contributed by atoms with Crippen molar-refractivity contribution < 1.29 is 18.8 Å². The summed E-state index contributed by atoms with van der Waals surface area (Å²) in [7, 11) is 3.32. The van der Waals surface area contributed by atoms with Crippen LogP contribution in [0.2, 0.25) is 0 Å². The topological polar surface area (TPSA) is 58.0 Å².